The average Bonchev–Trinajstić information content (AvgIpc) is 2.83. The van der Waals surface area contributed by atoms with Gasteiger partial charge in [-0.3, -0.25) is 13.9 Å². The molecule has 0 saturated carbocycles. The summed E-state index contributed by atoms with van der Waals surface area (Å²) in [7, 11) is 1.47. The number of alkyl halides is 3. The van der Waals surface area contributed by atoms with Gasteiger partial charge in [0.1, 0.15) is 11.6 Å². The van der Waals surface area contributed by atoms with Crippen LogP contribution in [0.25, 0.3) is 0 Å². The molecule has 0 spiro atoms. The Bertz CT molecular complexity index is 1350. The summed E-state index contributed by atoms with van der Waals surface area (Å²) in [6, 6.07) is 11.2. The van der Waals surface area contributed by atoms with E-state index in [1.807, 2.05) is 12.1 Å². The van der Waals surface area contributed by atoms with Crippen molar-refractivity contribution in [3.05, 3.63) is 91.1 Å². The van der Waals surface area contributed by atoms with Gasteiger partial charge in [-0.2, -0.15) is 18.2 Å². The second-order valence-corrected chi connectivity index (χ2v) is 8.50. The van der Waals surface area contributed by atoms with Crippen LogP contribution in [0, 0.1) is 0 Å². The number of nitrogens with zero attached hydrogens (tertiary/aromatic N) is 3. The fourth-order valence-electron chi connectivity index (χ4n) is 3.58. The van der Waals surface area contributed by atoms with Gasteiger partial charge in [0, 0.05) is 32.1 Å². The Balaban J connectivity index is 1.98. The number of hydrogen-bond acceptors (Lipinski definition) is 5. The lowest BCUT2D eigenvalue weighted by Crippen LogP contribution is -2.41. The van der Waals surface area contributed by atoms with Crippen LogP contribution in [0.4, 0.5) is 19.0 Å². The molecule has 0 bridgehead atoms. The zero-order valence-corrected chi connectivity index (χ0v) is 20.4. The summed E-state index contributed by atoms with van der Waals surface area (Å²) in [6.45, 7) is 1.33. The first-order valence-corrected chi connectivity index (χ1v) is 11.5. The number of benzene rings is 2. The van der Waals surface area contributed by atoms with Crippen molar-refractivity contribution < 1.29 is 23.0 Å². The van der Waals surface area contributed by atoms with E-state index in [-0.39, 0.29) is 49.0 Å². The predicted octanol–water partition coefficient (Wildman–Crippen LogP) is 4.52. The summed E-state index contributed by atoms with van der Waals surface area (Å²) < 4.78 is 46.3. The lowest BCUT2D eigenvalue weighted by atomic mass is 10.1. The number of aryl methyl sites for hydroxylation is 1. The van der Waals surface area contributed by atoms with E-state index in [2.05, 4.69) is 4.99 Å². The fraction of sp³-hybridized carbons (Fsp3) is 0.320. The maximum atomic E-state index is 13.2. The van der Waals surface area contributed by atoms with E-state index < -0.39 is 23.0 Å². The summed E-state index contributed by atoms with van der Waals surface area (Å²) in [5.41, 5.74) is -0.767. The van der Waals surface area contributed by atoms with Crippen molar-refractivity contribution in [3.63, 3.8) is 0 Å². The van der Waals surface area contributed by atoms with Crippen LogP contribution in [0.5, 0.6) is 5.75 Å². The Morgan fingerprint density at radius 3 is 2.28 bits per heavy atom. The molecule has 7 nitrogen and oxygen atoms in total. The van der Waals surface area contributed by atoms with E-state index in [9.17, 15) is 22.8 Å². The molecule has 0 saturated heterocycles. The third-order valence-corrected chi connectivity index (χ3v) is 5.69. The van der Waals surface area contributed by atoms with Crippen molar-refractivity contribution in [2.24, 2.45) is 12.0 Å². The molecule has 0 aliphatic rings. The molecule has 192 valence electrons. The normalized spacial score (nSPS) is 12.1. The molecule has 2 aromatic carbocycles. The molecule has 0 atom stereocenters. The van der Waals surface area contributed by atoms with Crippen LogP contribution in [0.1, 0.15) is 30.0 Å². The van der Waals surface area contributed by atoms with Gasteiger partial charge in [-0.05, 0) is 61.2 Å². The highest BCUT2D eigenvalue weighted by molar-refractivity contribution is 6.30. The molecule has 36 heavy (non-hydrogen) atoms. The van der Waals surface area contributed by atoms with Crippen LogP contribution in [0.15, 0.2) is 63.1 Å². The van der Waals surface area contributed by atoms with Gasteiger partial charge in [-0.25, -0.2) is 4.79 Å². The van der Waals surface area contributed by atoms with Crippen LogP contribution < -0.4 is 16.0 Å². The number of aliphatic hydroxyl groups is 1. The highest BCUT2D eigenvalue weighted by Gasteiger charge is 2.30. The molecule has 1 heterocycles. The zero-order valence-electron chi connectivity index (χ0n) is 19.7. The Hall–Kier alpha value is -3.37. The molecule has 0 unspecified atom stereocenters. The number of halogens is 4. The van der Waals surface area contributed by atoms with E-state index in [4.69, 9.17) is 21.4 Å². The average molecular weight is 524 g/mol. The number of aliphatic hydroxyl groups excluding tert-OH is 1. The molecule has 0 radical (unpaired) electrons. The summed E-state index contributed by atoms with van der Waals surface area (Å²) >= 11 is 5.94. The number of ether oxygens (including phenoxy) is 1. The Labute approximate surface area is 210 Å². The Morgan fingerprint density at radius 1 is 1.06 bits per heavy atom. The molecule has 3 rings (SSSR count). The third kappa shape index (κ3) is 6.64. The van der Waals surface area contributed by atoms with Crippen molar-refractivity contribution in [2.75, 3.05) is 6.61 Å². The minimum atomic E-state index is -4.47. The van der Waals surface area contributed by atoms with Gasteiger partial charge < -0.3 is 9.84 Å². The van der Waals surface area contributed by atoms with Gasteiger partial charge in [0.05, 0.1) is 11.1 Å². The maximum absolute atomic E-state index is 13.2. The fourth-order valence-corrected chi connectivity index (χ4v) is 3.71. The van der Waals surface area contributed by atoms with Crippen molar-refractivity contribution in [1.29, 1.82) is 0 Å². The lowest BCUT2D eigenvalue weighted by Gasteiger charge is -2.15. The quantitative estimate of drug-likeness (QED) is 0.347. The maximum Gasteiger partial charge on any atom is 0.416 e. The molecule has 0 aliphatic heterocycles. The van der Waals surface area contributed by atoms with E-state index in [0.29, 0.717) is 11.4 Å². The SMILES string of the molecule is CC(=Nc1c(CCc2ccc(Cl)cc2)c(=O)n(CCCO)c(=O)n1C)Oc1ccc(C(F)(F)F)cc1. The molecule has 0 amide bonds. The van der Waals surface area contributed by atoms with Gasteiger partial charge in [0.25, 0.3) is 5.56 Å². The molecular formula is C25H25ClF3N3O4. The standard InChI is InChI=1S/C25H25ClF3N3O4/c1-16(36-20-11-7-18(8-12-20)25(27,28)29)30-22-21(13-6-17-4-9-19(26)10-5-17)23(34)32(14-3-15-33)24(35)31(22)2/h4-5,7-12,33H,3,6,13-15H2,1-2H3. The van der Waals surface area contributed by atoms with Crippen LogP contribution in [-0.2, 0) is 32.6 Å². The second-order valence-electron chi connectivity index (χ2n) is 8.06. The summed E-state index contributed by atoms with van der Waals surface area (Å²) in [5.74, 6) is 0.238. The van der Waals surface area contributed by atoms with Gasteiger partial charge in [0.2, 0.25) is 0 Å². The van der Waals surface area contributed by atoms with E-state index in [1.165, 1.54) is 18.5 Å². The molecule has 1 N–H and O–H groups in total. The van der Waals surface area contributed by atoms with Gasteiger partial charge in [-0.15, -0.1) is 0 Å². The van der Waals surface area contributed by atoms with Crippen LogP contribution in [0.2, 0.25) is 5.02 Å². The van der Waals surface area contributed by atoms with E-state index in [0.717, 1.165) is 34.4 Å². The summed E-state index contributed by atoms with van der Waals surface area (Å²) in [5, 5.41) is 9.74. The van der Waals surface area contributed by atoms with Crippen LogP contribution in [-0.4, -0.2) is 26.7 Å². The molecular weight excluding hydrogens is 499 g/mol. The minimum absolute atomic E-state index is 0.0324. The number of aromatic nitrogens is 2. The first-order valence-electron chi connectivity index (χ1n) is 11.1. The summed E-state index contributed by atoms with van der Waals surface area (Å²) in [4.78, 5) is 30.5. The Morgan fingerprint density at radius 2 is 1.69 bits per heavy atom. The smallest absolute Gasteiger partial charge is 0.416 e. The molecule has 1 aromatic heterocycles. The second kappa shape index (κ2) is 11.6. The predicted molar refractivity (Wildman–Crippen MR) is 131 cm³/mol. The molecule has 11 heteroatoms. The molecule has 0 fully saturated rings. The van der Waals surface area contributed by atoms with Gasteiger partial charge in [0.15, 0.2) is 5.90 Å². The van der Waals surface area contributed by atoms with E-state index in [1.54, 1.807) is 12.1 Å². The Kier molecular flexibility index (Phi) is 8.75. The largest absolute Gasteiger partial charge is 0.443 e. The first kappa shape index (κ1) is 27.2. The first-order chi connectivity index (χ1) is 17.0. The van der Waals surface area contributed by atoms with Crippen molar-refractivity contribution in [1.82, 2.24) is 9.13 Å². The number of rotatable bonds is 8. The molecule has 3 aromatic rings. The monoisotopic (exact) mass is 523 g/mol. The van der Waals surface area contributed by atoms with Gasteiger partial charge in [-0.1, -0.05) is 23.7 Å². The number of hydrogen-bond donors (Lipinski definition) is 1. The van der Waals surface area contributed by atoms with Crippen molar-refractivity contribution in [3.8, 4) is 5.75 Å². The highest BCUT2D eigenvalue weighted by atomic mass is 35.5. The third-order valence-electron chi connectivity index (χ3n) is 5.44. The van der Waals surface area contributed by atoms with Crippen LogP contribution in [0.3, 0.4) is 0 Å². The molecule has 0 aliphatic carbocycles. The highest BCUT2D eigenvalue weighted by Crippen LogP contribution is 2.30. The van der Waals surface area contributed by atoms with Crippen molar-refractivity contribution >= 4 is 23.3 Å². The van der Waals surface area contributed by atoms with E-state index >= 15 is 0 Å². The van der Waals surface area contributed by atoms with Crippen LogP contribution >= 0.6 is 11.6 Å². The summed E-state index contributed by atoms with van der Waals surface area (Å²) in [6.07, 6.45) is -3.53. The van der Waals surface area contributed by atoms with Gasteiger partial charge >= 0.3 is 11.9 Å². The number of aliphatic imine (C=N–C) groups is 1. The van der Waals surface area contributed by atoms with Crippen molar-refractivity contribution in [2.45, 2.75) is 38.9 Å². The zero-order chi connectivity index (χ0) is 26.5. The lowest BCUT2D eigenvalue weighted by molar-refractivity contribution is -0.137. The minimum Gasteiger partial charge on any atom is -0.443 e. The topological polar surface area (TPSA) is 85.8 Å².